The summed E-state index contributed by atoms with van der Waals surface area (Å²) in [6.45, 7) is 0. The standard InChI is InChI=1S/C9H5BrFNO2/c10-4-7(13)9-12-6-2-1-5(11)3-8(6)14-9/h1-3H,4H2. The molecule has 3 nitrogen and oxygen atoms in total. The Hall–Kier alpha value is -1.23. The van der Waals surface area contributed by atoms with Gasteiger partial charge in [-0.3, -0.25) is 4.79 Å². The molecule has 72 valence electrons. The lowest BCUT2D eigenvalue weighted by Crippen LogP contribution is -1.99. The van der Waals surface area contributed by atoms with Gasteiger partial charge in [0.05, 0.1) is 5.33 Å². The number of oxazole rings is 1. The Kier molecular flexibility index (Phi) is 2.33. The third-order valence-electron chi connectivity index (χ3n) is 1.71. The van der Waals surface area contributed by atoms with E-state index in [9.17, 15) is 9.18 Å². The first kappa shape index (κ1) is 9.33. The van der Waals surface area contributed by atoms with E-state index >= 15 is 0 Å². The number of Topliss-reactive ketones (excluding diaryl/α,β-unsaturated/α-hetero) is 1. The van der Waals surface area contributed by atoms with Crippen molar-refractivity contribution in [3.8, 4) is 0 Å². The van der Waals surface area contributed by atoms with Gasteiger partial charge in [-0.05, 0) is 12.1 Å². The lowest BCUT2D eigenvalue weighted by Gasteiger charge is -1.85. The molecule has 0 atom stereocenters. The van der Waals surface area contributed by atoms with Crippen molar-refractivity contribution in [3.63, 3.8) is 0 Å². The van der Waals surface area contributed by atoms with Gasteiger partial charge in [0.2, 0.25) is 5.78 Å². The second-order valence-corrected chi connectivity index (χ2v) is 3.25. The van der Waals surface area contributed by atoms with Crippen molar-refractivity contribution in [2.75, 3.05) is 5.33 Å². The summed E-state index contributed by atoms with van der Waals surface area (Å²) in [7, 11) is 0. The van der Waals surface area contributed by atoms with Crippen LogP contribution in [0.1, 0.15) is 10.7 Å². The van der Waals surface area contributed by atoms with Gasteiger partial charge in [-0.1, -0.05) is 15.9 Å². The molecule has 0 aliphatic rings. The van der Waals surface area contributed by atoms with Gasteiger partial charge in [-0.25, -0.2) is 9.37 Å². The van der Waals surface area contributed by atoms with Crippen LogP contribution in [0.15, 0.2) is 22.6 Å². The molecule has 0 aliphatic heterocycles. The third-order valence-corrected chi connectivity index (χ3v) is 2.22. The number of halogens is 2. The molecule has 0 saturated carbocycles. The number of ketones is 1. The van der Waals surface area contributed by atoms with E-state index in [0.29, 0.717) is 5.52 Å². The van der Waals surface area contributed by atoms with Gasteiger partial charge >= 0.3 is 0 Å². The van der Waals surface area contributed by atoms with Crippen LogP contribution in [0.5, 0.6) is 0 Å². The molecule has 1 aromatic carbocycles. The molecule has 0 bridgehead atoms. The summed E-state index contributed by atoms with van der Waals surface area (Å²) >= 11 is 3.00. The molecule has 5 heteroatoms. The molecular weight excluding hydrogens is 253 g/mol. The lowest BCUT2D eigenvalue weighted by atomic mass is 10.3. The van der Waals surface area contributed by atoms with E-state index in [2.05, 4.69) is 20.9 Å². The van der Waals surface area contributed by atoms with E-state index in [1.165, 1.54) is 18.2 Å². The van der Waals surface area contributed by atoms with Crippen molar-refractivity contribution in [1.82, 2.24) is 4.98 Å². The Morgan fingerprint density at radius 1 is 1.57 bits per heavy atom. The normalized spacial score (nSPS) is 10.7. The van der Waals surface area contributed by atoms with Crippen molar-refractivity contribution >= 4 is 32.8 Å². The summed E-state index contributed by atoms with van der Waals surface area (Å²) in [6, 6.07) is 3.94. The number of alkyl halides is 1. The molecule has 0 saturated heterocycles. The molecule has 0 amide bonds. The van der Waals surface area contributed by atoms with Crippen LogP contribution in [0.25, 0.3) is 11.1 Å². The first-order chi connectivity index (χ1) is 6.70. The Labute approximate surface area is 87.1 Å². The summed E-state index contributed by atoms with van der Waals surface area (Å²) < 4.78 is 17.8. The number of carbonyl (C=O) groups excluding carboxylic acids is 1. The highest BCUT2D eigenvalue weighted by molar-refractivity contribution is 9.09. The quantitative estimate of drug-likeness (QED) is 0.614. The average molecular weight is 258 g/mol. The minimum absolute atomic E-state index is 0.00229. The first-order valence-corrected chi connectivity index (χ1v) is 4.98. The smallest absolute Gasteiger partial charge is 0.265 e. The molecule has 0 N–H and O–H groups in total. The van der Waals surface area contributed by atoms with Crippen molar-refractivity contribution < 1.29 is 13.6 Å². The average Bonchev–Trinajstić information content (AvgIpc) is 2.59. The van der Waals surface area contributed by atoms with Gasteiger partial charge < -0.3 is 4.42 Å². The van der Waals surface area contributed by atoms with Gasteiger partial charge in [-0.15, -0.1) is 0 Å². The fourth-order valence-electron chi connectivity index (χ4n) is 1.07. The van der Waals surface area contributed by atoms with E-state index in [1.54, 1.807) is 0 Å². The van der Waals surface area contributed by atoms with Gasteiger partial charge in [0.15, 0.2) is 5.58 Å². The van der Waals surface area contributed by atoms with E-state index in [-0.39, 0.29) is 22.6 Å². The second-order valence-electron chi connectivity index (χ2n) is 2.69. The predicted octanol–water partition coefficient (Wildman–Crippen LogP) is 2.54. The van der Waals surface area contributed by atoms with Crippen LogP contribution in [0.4, 0.5) is 4.39 Å². The maximum absolute atomic E-state index is 12.7. The molecule has 14 heavy (non-hydrogen) atoms. The third kappa shape index (κ3) is 1.55. The summed E-state index contributed by atoms with van der Waals surface area (Å²) in [6.07, 6.45) is 0. The topological polar surface area (TPSA) is 43.1 Å². The number of nitrogens with zero attached hydrogens (tertiary/aromatic N) is 1. The molecule has 0 radical (unpaired) electrons. The SMILES string of the molecule is O=C(CBr)c1nc2ccc(F)cc2o1. The van der Waals surface area contributed by atoms with Gasteiger partial charge in [0.1, 0.15) is 11.3 Å². The second kappa shape index (κ2) is 3.49. The zero-order valence-corrected chi connectivity index (χ0v) is 8.54. The molecule has 1 aromatic heterocycles. The Bertz CT molecular complexity index is 495. The van der Waals surface area contributed by atoms with Crippen molar-refractivity contribution in [2.24, 2.45) is 0 Å². The van der Waals surface area contributed by atoms with Crippen LogP contribution in [0.3, 0.4) is 0 Å². The largest absolute Gasteiger partial charge is 0.434 e. The van der Waals surface area contributed by atoms with E-state index in [4.69, 9.17) is 4.42 Å². The summed E-state index contributed by atoms with van der Waals surface area (Å²) in [5.74, 6) is -0.671. The van der Waals surface area contributed by atoms with Crippen LogP contribution < -0.4 is 0 Å². The van der Waals surface area contributed by atoms with Crippen LogP contribution in [-0.2, 0) is 0 Å². The fraction of sp³-hybridized carbons (Fsp3) is 0.111. The number of carbonyl (C=O) groups is 1. The molecular formula is C9H5BrFNO2. The van der Waals surface area contributed by atoms with Crippen LogP contribution in [-0.4, -0.2) is 16.1 Å². The number of hydrogen-bond acceptors (Lipinski definition) is 3. The lowest BCUT2D eigenvalue weighted by molar-refractivity contribution is 0.0989. The Balaban J connectivity index is 2.56. The van der Waals surface area contributed by atoms with Crippen LogP contribution in [0.2, 0.25) is 0 Å². The van der Waals surface area contributed by atoms with Crippen molar-refractivity contribution in [2.45, 2.75) is 0 Å². The number of benzene rings is 1. The Morgan fingerprint density at radius 2 is 2.36 bits per heavy atom. The Morgan fingerprint density at radius 3 is 3.07 bits per heavy atom. The summed E-state index contributed by atoms with van der Waals surface area (Å²) in [4.78, 5) is 15.1. The minimum atomic E-state index is -0.411. The zero-order chi connectivity index (χ0) is 10.1. The highest BCUT2D eigenvalue weighted by atomic mass is 79.9. The molecule has 2 aromatic rings. The van der Waals surface area contributed by atoms with Crippen molar-refractivity contribution in [1.29, 1.82) is 0 Å². The summed E-state index contributed by atoms with van der Waals surface area (Å²) in [5, 5.41) is 0.141. The zero-order valence-electron chi connectivity index (χ0n) is 6.96. The van der Waals surface area contributed by atoms with Gasteiger partial charge in [0, 0.05) is 6.07 Å². The summed E-state index contributed by atoms with van der Waals surface area (Å²) in [5.41, 5.74) is 0.769. The molecule has 0 fully saturated rings. The van der Waals surface area contributed by atoms with Crippen LogP contribution >= 0.6 is 15.9 Å². The highest BCUT2D eigenvalue weighted by Gasteiger charge is 2.12. The molecule has 0 unspecified atom stereocenters. The van der Waals surface area contributed by atoms with E-state index < -0.39 is 5.82 Å². The predicted molar refractivity (Wildman–Crippen MR) is 52.1 cm³/mol. The highest BCUT2D eigenvalue weighted by Crippen LogP contribution is 2.17. The molecule has 1 heterocycles. The van der Waals surface area contributed by atoms with Gasteiger partial charge in [-0.2, -0.15) is 0 Å². The minimum Gasteiger partial charge on any atom is -0.434 e. The van der Waals surface area contributed by atoms with Gasteiger partial charge in [0.25, 0.3) is 5.89 Å². The maximum atomic E-state index is 12.7. The molecule has 2 rings (SSSR count). The number of aromatic nitrogens is 1. The number of rotatable bonds is 2. The number of fused-ring (bicyclic) bond motifs is 1. The monoisotopic (exact) mass is 257 g/mol. The molecule has 0 aliphatic carbocycles. The van der Waals surface area contributed by atoms with Crippen LogP contribution in [0, 0.1) is 5.82 Å². The van der Waals surface area contributed by atoms with E-state index in [1.807, 2.05) is 0 Å². The fourth-order valence-corrected chi connectivity index (χ4v) is 1.31. The number of hydrogen-bond donors (Lipinski definition) is 0. The van der Waals surface area contributed by atoms with Crippen molar-refractivity contribution in [3.05, 3.63) is 29.9 Å². The molecule has 0 spiro atoms. The maximum Gasteiger partial charge on any atom is 0.265 e. The van der Waals surface area contributed by atoms with E-state index in [0.717, 1.165) is 0 Å². The first-order valence-electron chi connectivity index (χ1n) is 3.86.